The van der Waals surface area contributed by atoms with Crippen LogP contribution in [0, 0.1) is 17.8 Å². The Morgan fingerprint density at radius 2 is 2.05 bits per heavy atom. The van der Waals surface area contributed by atoms with Gasteiger partial charge in [-0.25, -0.2) is 19.7 Å². The molecule has 214 valence electrons. The number of nitrogens with one attached hydrogen (secondary N) is 2. The minimum absolute atomic E-state index is 0.0901. The zero-order valence-electron chi connectivity index (χ0n) is 21.9. The van der Waals surface area contributed by atoms with Crippen molar-refractivity contribution in [3.63, 3.8) is 0 Å². The van der Waals surface area contributed by atoms with E-state index < -0.39 is 42.6 Å². The zero-order valence-corrected chi connectivity index (χ0v) is 21.9. The molecule has 15 heteroatoms. The summed E-state index contributed by atoms with van der Waals surface area (Å²) in [5.74, 6) is 5.88. The third-order valence-corrected chi connectivity index (χ3v) is 7.24. The van der Waals surface area contributed by atoms with Gasteiger partial charge in [-0.05, 0) is 31.6 Å². The summed E-state index contributed by atoms with van der Waals surface area (Å²) in [4.78, 5) is 50.4. The van der Waals surface area contributed by atoms with E-state index in [1.165, 1.54) is 10.9 Å². The predicted molar refractivity (Wildman–Crippen MR) is 138 cm³/mol. The Morgan fingerprint density at radius 1 is 1.27 bits per heavy atom. The van der Waals surface area contributed by atoms with E-state index in [1.807, 2.05) is 0 Å². The summed E-state index contributed by atoms with van der Waals surface area (Å²) in [5.41, 5.74) is 6.61. The lowest BCUT2D eigenvalue weighted by Crippen LogP contribution is -2.42. The van der Waals surface area contributed by atoms with E-state index in [1.54, 1.807) is 11.8 Å². The second-order valence-corrected chi connectivity index (χ2v) is 10.0. The Balaban J connectivity index is 1.21. The number of aliphatic hydroxyl groups is 2. The van der Waals surface area contributed by atoms with E-state index in [0.29, 0.717) is 32.6 Å². The van der Waals surface area contributed by atoms with Crippen molar-refractivity contribution in [3.05, 3.63) is 12.2 Å². The number of fused-ring (bicyclic) bond motifs is 1. The number of anilines is 1. The number of imidazole rings is 1. The van der Waals surface area contributed by atoms with Gasteiger partial charge < -0.3 is 41.0 Å². The molecule has 6 N–H and O–H groups in total. The molecule has 2 aromatic rings. The number of nitrogen functional groups attached to an aromatic ring is 1. The number of hydrogen-bond acceptors (Lipinski definition) is 11. The van der Waals surface area contributed by atoms with Gasteiger partial charge >= 0.3 is 6.09 Å². The van der Waals surface area contributed by atoms with Crippen molar-refractivity contribution < 1.29 is 34.1 Å². The Labute approximate surface area is 229 Å². The summed E-state index contributed by atoms with van der Waals surface area (Å²) < 4.78 is 12.5. The molecule has 2 aromatic heterocycles. The molecule has 3 fully saturated rings. The van der Waals surface area contributed by atoms with Gasteiger partial charge in [0.25, 0.3) is 5.91 Å². The van der Waals surface area contributed by atoms with Crippen LogP contribution in [0.15, 0.2) is 6.33 Å². The quantitative estimate of drug-likeness (QED) is 0.272. The number of carbonyl (C=O) groups is 3. The molecule has 3 aliphatic heterocycles. The highest BCUT2D eigenvalue weighted by atomic mass is 16.6. The van der Waals surface area contributed by atoms with Crippen molar-refractivity contribution in [1.29, 1.82) is 0 Å². The number of likely N-dealkylation sites (N-methyl/N-ethyl adjacent to an activating group) is 1. The molecule has 0 radical (unpaired) electrons. The fraction of sp³-hybridized carbons (Fsp3) is 0.600. The molecule has 15 nitrogen and oxygen atoms in total. The normalized spacial score (nSPS) is 26.8. The largest absolute Gasteiger partial charge is 0.444 e. The maximum Gasteiger partial charge on any atom is 0.410 e. The van der Waals surface area contributed by atoms with Crippen LogP contribution in [0.5, 0.6) is 0 Å². The van der Waals surface area contributed by atoms with Crippen LogP contribution in [0.2, 0.25) is 0 Å². The number of aromatic nitrogens is 4. The number of carbonyl (C=O) groups excluding carboxylic acids is 3. The lowest BCUT2D eigenvalue weighted by atomic mass is 9.94. The average Bonchev–Trinajstić information content (AvgIpc) is 3.62. The molecular weight excluding hydrogens is 524 g/mol. The van der Waals surface area contributed by atoms with Crippen LogP contribution in [0.4, 0.5) is 10.6 Å². The highest BCUT2D eigenvalue weighted by molar-refractivity contribution is 5.83. The van der Waals surface area contributed by atoms with Crippen molar-refractivity contribution in [2.75, 3.05) is 31.9 Å². The second-order valence-electron chi connectivity index (χ2n) is 10.0. The number of amides is 3. The highest BCUT2D eigenvalue weighted by Gasteiger charge is 2.47. The maximum atomic E-state index is 12.4. The molecule has 0 aromatic carbocycles. The number of likely N-dealkylation sites (tertiary alicyclic amines) is 1. The Kier molecular flexibility index (Phi) is 8.01. The van der Waals surface area contributed by atoms with Gasteiger partial charge in [-0.15, -0.1) is 0 Å². The predicted octanol–water partition coefficient (Wildman–Crippen LogP) is -1.36. The van der Waals surface area contributed by atoms with Crippen molar-refractivity contribution in [2.45, 2.75) is 63.3 Å². The fourth-order valence-corrected chi connectivity index (χ4v) is 5.03. The first-order valence-corrected chi connectivity index (χ1v) is 13.3. The summed E-state index contributed by atoms with van der Waals surface area (Å²) in [6, 6.07) is 0. The van der Waals surface area contributed by atoms with Crippen molar-refractivity contribution in [3.8, 4) is 11.8 Å². The first-order chi connectivity index (χ1) is 19.2. The first-order valence-electron chi connectivity index (χ1n) is 13.3. The monoisotopic (exact) mass is 556 g/mol. The molecule has 5 rings (SSSR count). The number of aliphatic hydroxyl groups excluding tert-OH is 2. The van der Waals surface area contributed by atoms with Crippen LogP contribution < -0.4 is 16.4 Å². The number of nitrogens with two attached hydrogens (primary N) is 1. The molecule has 3 amide bonds. The lowest BCUT2D eigenvalue weighted by molar-refractivity contribution is -0.137. The van der Waals surface area contributed by atoms with E-state index in [4.69, 9.17) is 15.2 Å². The Bertz CT molecular complexity index is 1350. The van der Waals surface area contributed by atoms with Gasteiger partial charge in [0.1, 0.15) is 23.8 Å². The number of piperidine rings is 1. The summed E-state index contributed by atoms with van der Waals surface area (Å²) >= 11 is 0. The molecule has 3 saturated heterocycles. The first kappa shape index (κ1) is 27.6. The van der Waals surface area contributed by atoms with Crippen LogP contribution in [-0.2, 0) is 19.1 Å². The van der Waals surface area contributed by atoms with Gasteiger partial charge in [-0.3, -0.25) is 14.2 Å². The van der Waals surface area contributed by atoms with Crippen molar-refractivity contribution in [2.24, 2.45) is 5.92 Å². The third-order valence-electron chi connectivity index (χ3n) is 7.24. The minimum atomic E-state index is -1.44. The molecule has 0 saturated carbocycles. The number of rotatable bonds is 5. The van der Waals surface area contributed by atoms with Crippen LogP contribution in [-0.4, -0.2) is 103 Å². The van der Waals surface area contributed by atoms with Crippen molar-refractivity contribution in [1.82, 2.24) is 35.1 Å². The number of hydrogen-bond donors (Lipinski definition) is 5. The van der Waals surface area contributed by atoms with E-state index in [0.717, 1.165) is 12.8 Å². The van der Waals surface area contributed by atoms with Gasteiger partial charge in [-0.1, -0.05) is 5.92 Å². The molecule has 0 bridgehead atoms. The molecule has 1 unspecified atom stereocenters. The summed E-state index contributed by atoms with van der Waals surface area (Å²) in [5, 5.41) is 26.2. The van der Waals surface area contributed by atoms with Crippen LogP contribution in [0.25, 0.3) is 11.2 Å². The summed E-state index contributed by atoms with van der Waals surface area (Å²) in [7, 11) is 0. The standard InChI is InChI=1S/C25H32N8O7/c1-2-27-23(37)20-18(35)19(36)24(40-20)33-12-29-17-21(26)30-15(31-22(17)33)5-3-4-13-6-8-32(9-7-13)25(38)39-14-10-16(34)28-11-14/h12-14,18-20,24,35-36H,2,4,6-11H2,1H3,(H,27,37)(H,28,34)(H2,26,30,31)/t14?,18-,19+,20-,24+/m0/s1. The molecule has 0 spiro atoms. The van der Waals surface area contributed by atoms with E-state index in [2.05, 4.69) is 37.4 Å². The molecule has 40 heavy (non-hydrogen) atoms. The molecule has 5 heterocycles. The maximum absolute atomic E-state index is 12.4. The number of nitrogens with zero attached hydrogens (tertiary/aromatic N) is 5. The van der Waals surface area contributed by atoms with E-state index in [9.17, 15) is 24.6 Å². The number of ether oxygens (including phenoxy) is 2. The third kappa shape index (κ3) is 5.64. The second kappa shape index (κ2) is 11.6. The Hall–Kier alpha value is -4.00. The van der Waals surface area contributed by atoms with Gasteiger partial charge in [0.2, 0.25) is 11.7 Å². The van der Waals surface area contributed by atoms with Gasteiger partial charge in [0.05, 0.1) is 19.3 Å². The van der Waals surface area contributed by atoms with Crippen LogP contribution in [0.3, 0.4) is 0 Å². The topological polar surface area (TPSA) is 207 Å². The van der Waals surface area contributed by atoms with E-state index >= 15 is 0 Å². The average molecular weight is 557 g/mol. The molecular formula is C25H32N8O7. The highest BCUT2D eigenvalue weighted by Crippen LogP contribution is 2.32. The van der Waals surface area contributed by atoms with Crippen molar-refractivity contribution >= 4 is 34.9 Å². The fourth-order valence-electron chi connectivity index (χ4n) is 5.03. The molecule has 5 atom stereocenters. The smallest absolute Gasteiger partial charge is 0.410 e. The van der Waals surface area contributed by atoms with Gasteiger partial charge in [-0.2, -0.15) is 0 Å². The van der Waals surface area contributed by atoms with Crippen LogP contribution >= 0.6 is 0 Å². The summed E-state index contributed by atoms with van der Waals surface area (Å²) in [6.45, 7) is 3.52. The van der Waals surface area contributed by atoms with Gasteiger partial charge in [0, 0.05) is 26.1 Å². The lowest BCUT2D eigenvalue weighted by Gasteiger charge is -2.31. The van der Waals surface area contributed by atoms with Gasteiger partial charge in [0.15, 0.2) is 23.8 Å². The minimum Gasteiger partial charge on any atom is -0.444 e. The Morgan fingerprint density at radius 3 is 2.75 bits per heavy atom. The van der Waals surface area contributed by atoms with E-state index in [-0.39, 0.29) is 41.1 Å². The molecule has 3 aliphatic rings. The summed E-state index contributed by atoms with van der Waals surface area (Å²) in [6.07, 6.45) is -2.41. The van der Waals surface area contributed by atoms with Crippen LogP contribution in [0.1, 0.15) is 44.7 Å². The zero-order chi connectivity index (χ0) is 28.4. The SMILES string of the molecule is CCNC(=O)[C@H]1O[C@@H](n2cnc3c(N)nc(C#CCC4CCN(C(=O)OC5CNC(=O)C5)CC4)nc32)[C@H](O)[C@@H]1O. The molecule has 0 aliphatic carbocycles.